The maximum absolute atomic E-state index is 8.93. The van der Waals surface area contributed by atoms with Crippen LogP contribution in [0, 0.1) is 0 Å². The standard InChI is InChI=1S/3C2H2O4.2Al.2Rb.2H/c3*3-1(4)2(5)6;;;;;;/h3*(H,3,4)(H,5,6);;;;;;/q;;;2*+3;2*+1;2*-1/p-6. The Labute approximate surface area is 244 Å². The number of hydrogen-bond donors (Lipinski definition) is 0. The van der Waals surface area contributed by atoms with E-state index in [1.54, 1.807) is 0 Å². The summed E-state index contributed by atoms with van der Waals surface area (Å²) in [6.45, 7) is 0. The van der Waals surface area contributed by atoms with Crippen LogP contribution in [0.3, 0.4) is 0 Å². The minimum atomic E-state index is -2.19. The molecule has 0 fully saturated rings. The van der Waals surface area contributed by atoms with Crippen molar-refractivity contribution in [3.05, 3.63) is 0 Å². The third-order valence-electron chi connectivity index (χ3n) is 0.500. The van der Waals surface area contributed by atoms with E-state index in [1.165, 1.54) is 0 Å². The van der Waals surface area contributed by atoms with E-state index in [2.05, 4.69) is 0 Å². The first kappa shape index (κ1) is 43.7. The van der Waals surface area contributed by atoms with E-state index in [-0.39, 0.29) is 154 Å². The Bertz CT molecular complexity index is 301. The summed E-state index contributed by atoms with van der Waals surface area (Å²) in [5, 5.41) is 53.6. The van der Waals surface area contributed by atoms with Crippen molar-refractivity contribution in [1.82, 2.24) is 0 Å². The van der Waals surface area contributed by atoms with Crippen molar-refractivity contribution >= 4 is 70.5 Å². The number of carboxylic acids is 6. The number of carboxylic acid groups (broad SMARTS) is 6. The average Bonchev–Trinajstić information content (AvgIpc) is 2.18. The van der Waals surface area contributed by atoms with Crippen LogP contribution in [0.5, 0.6) is 0 Å². The molecule has 12 nitrogen and oxygen atoms in total. The monoisotopic (exact) mass is 490 g/mol. The van der Waals surface area contributed by atoms with Gasteiger partial charge in [-0.3, -0.25) is 0 Å². The number of carbonyl (C=O) groups is 6. The molecule has 0 N–H and O–H groups in total. The third-order valence-corrected chi connectivity index (χ3v) is 0.500. The summed E-state index contributed by atoms with van der Waals surface area (Å²) in [5.74, 6) is -13.1. The number of rotatable bonds is 0. The van der Waals surface area contributed by atoms with Gasteiger partial charge in [0.05, 0.1) is 35.8 Å². The molecule has 0 spiro atoms. The zero-order valence-electron chi connectivity index (χ0n) is 13.1. The fraction of sp³-hybridized carbons (Fsp3) is 0. The first-order chi connectivity index (χ1) is 7.93. The van der Waals surface area contributed by atoms with Gasteiger partial charge in [-0.1, -0.05) is 0 Å². The molecule has 16 heteroatoms. The van der Waals surface area contributed by atoms with Gasteiger partial charge in [0, 0.05) is 0 Å². The van der Waals surface area contributed by atoms with Crippen molar-refractivity contribution in [2.24, 2.45) is 0 Å². The normalized spacial score (nSPS) is 6.00. The van der Waals surface area contributed by atoms with E-state index in [1.807, 2.05) is 0 Å². The van der Waals surface area contributed by atoms with E-state index < -0.39 is 35.8 Å². The Morgan fingerprint density at radius 1 is 0.409 bits per heavy atom. The molecule has 0 bridgehead atoms. The van der Waals surface area contributed by atoms with E-state index in [4.69, 9.17) is 59.4 Å². The molecule has 0 aromatic heterocycles. The Morgan fingerprint density at radius 2 is 0.455 bits per heavy atom. The van der Waals surface area contributed by atoms with Gasteiger partial charge in [0.2, 0.25) is 0 Å². The van der Waals surface area contributed by atoms with E-state index in [0.29, 0.717) is 0 Å². The van der Waals surface area contributed by atoms with Crippen molar-refractivity contribution in [3.8, 4) is 0 Å². The van der Waals surface area contributed by atoms with Crippen LogP contribution in [0.4, 0.5) is 0 Å². The largest absolute Gasteiger partial charge is 3.00 e. The molecule has 0 radical (unpaired) electrons. The molecule has 0 saturated heterocycles. The van der Waals surface area contributed by atoms with Crippen LogP contribution in [0.15, 0.2) is 0 Å². The zero-order valence-corrected chi connectivity index (χ0v) is 23.2. The second kappa shape index (κ2) is 27.3. The second-order valence-electron chi connectivity index (χ2n) is 1.72. The summed E-state index contributed by atoms with van der Waals surface area (Å²) >= 11 is 0. The Morgan fingerprint density at radius 3 is 0.455 bits per heavy atom. The molecule has 0 aliphatic carbocycles. The fourth-order valence-corrected chi connectivity index (χ4v) is 0. The van der Waals surface area contributed by atoms with Gasteiger partial charge in [-0.2, -0.15) is 0 Å². The van der Waals surface area contributed by atoms with Gasteiger partial charge in [-0.15, -0.1) is 0 Å². The molecule has 106 valence electrons. The van der Waals surface area contributed by atoms with Gasteiger partial charge >= 0.3 is 151 Å². The minimum absolute atomic E-state index is 0. The molecule has 22 heavy (non-hydrogen) atoms. The molecular formula is C6H2Al2O12Rb2. The first-order valence-electron chi connectivity index (χ1n) is 3.20. The summed E-state index contributed by atoms with van der Waals surface area (Å²) in [6.07, 6.45) is 0. The smallest absolute Gasteiger partial charge is 1.00 e. The van der Waals surface area contributed by atoms with Crippen LogP contribution in [0.25, 0.3) is 0 Å². The van der Waals surface area contributed by atoms with Crippen molar-refractivity contribution in [3.63, 3.8) is 0 Å². The van der Waals surface area contributed by atoms with E-state index >= 15 is 0 Å². The van der Waals surface area contributed by atoms with Gasteiger partial charge < -0.3 is 62.3 Å². The summed E-state index contributed by atoms with van der Waals surface area (Å²) in [5.41, 5.74) is 0. The predicted molar refractivity (Wildman–Crippen MR) is 43.8 cm³/mol. The molecule has 0 heterocycles. The molecule has 0 atom stereocenters. The second-order valence-corrected chi connectivity index (χ2v) is 1.72. The van der Waals surface area contributed by atoms with Crippen LogP contribution in [-0.2, 0) is 28.8 Å². The number of carbonyl (C=O) groups excluding carboxylic acids is 6. The maximum atomic E-state index is 8.93. The first-order valence-corrected chi connectivity index (χ1v) is 3.20. The van der Waals surface area contributed by atoms with Crippen molar-refractivity contribution in [1.29, 1.82) is 0 Å². The predicted octanol–water partition coefficient (Wildman–Crippen LogP) is -17.1. The van der Waals surface area contributed by atoms with Crippen LogP contribution in [0.2, 0.25) is 0 Å². The summed E-state index contributed by atoms with van der Waals surface area (Å²) in [7, 11) is 0. The Balaban J connectivity index is -0.0000000179. The van der Waals surface area contributed by atoms with Gasteiger partial charge in [0.15, 0.2) is 0 Å². The van der Waals surface area contributed by atoms with Crippen molar-refractivity contribution in [2.45, 2.75) is 0 Å². The van der Waals surface area contributed by atoms with Crippen LogP contribution in [-0.4, -0.2) is 70.5 Å². The molecule has 0 aliphatic rings. The van der Waals surface area contributed by atoms with E-state index in [0.717, 1.165) is 0 Å². The molecule has 0 saturated carbocycles. The van der Waals surface area contributed by atoms with Crippen molar-refractivity contribution in [2.75, 3.05) is 0 Å². The quantitative estimate of drug-likeness (QED) is 0.227. The number of hydrogen-bond acceptors (Lipinski definition) is 12. The van der Waals surface area contributed by atoms with Gasteiger partial charge in [0.1, 0.15) is 0 Å². The third kappa shape index (κ3) is 49.6. The summed E-state index contributed by atoms with van der Waals surface area (Å²) < 4.78 is 0. The Kier molecular flexibility index (Phi) is 54.3. The molecule has 0 aliphatic heterocycles. The van der Waals surface area contributed by atoms with Crippen LogP contribution >= 0.6 is 0 Å². The van der Waals surface area contributed by atoms with Gasteiger partial charge in [-0.25, -0.2) is 0 Å². The molecular weight excluding hydrogens is 489 g/mol. The minimum Gasteiger partial charge on any atom is -1.00 e. The fourth-order valence-electron chi connectivity index (χ4n) is 0. The zero-order chi connectivity index (χ0) is 15.5. The van der Waals surface area contributed by atoms with Crippen molar-refractivity contribution < 1.29 is 179 Å². The average molecular weight is 491 g/mol. The molecule has 0 unspecified atom stereocenters. The summed E-state index contributed by atoms with van der Waals surface area (Å²) in [4.78, 5) is 53.6. The van der Waals surface area contributed by atoms with E-state index in [9.17, 15) is 0 Å². The molecule has 0 amide bonds. The molecule has 0 aromatic carbocycles. The Hall–Kier alpha value is 1.50. The molecule has 0 rings (SSSR count). The maximum Gasteiger partial charge on any atom is 3.00 e. The molecule has 0 aromatic rings. The number of aliphatic carboxylic acids is 6. The van der Waals surface area contributed by atoms with Crippen LogP contribution < -0.4 is 147 Å². The summed E-state index contributed by atoms with van der Waals surface area (Å²) in [6, 6.07) is 0. The van der Waals surface area contributed by atoms with Gasteiger partial charge in [-0.05, 0) is 0 Å². The topological polar surface area (TPSA) is 241 Å². The van der Waals surface area contributed by atoms with Gasteiger partial charge in [0.25, 0.3) is 0 Å². The SMILES string of the molecule is O=C([O-])C(=O)[O-].O=C([O-])C(=O)[O-].O=C([O-])C(=O)[O-].[Al+3].[Al+3].[H-].[H-].[Rb+].[Rb+]. The van der Waals surface area contributed by atoms with Crippen LogP contribution in [0.1, 0.15) is 2.85 Å².